The molecule has 3 atom stereocenters. The summed E-state index contributed by atoms with van der Waals surface area (Å²) < 4.78 is 6.56. The number of halogens is 1. The highest BCUT2D eigenvalue weighted by atomic mass is 35.5. The average Bonchev–Trinajstić information content (AvgIpc) is 3.34. The van der Waals surface area contributed by atoms with Crippen LogP contribution in [-0.4, -0.2) is 39.9 Å². The molecule has 1 saturated carbocycles. The molecule has 1 spiro atoms. The van der Waals surface area contributed by atoms with Crippen LogP contribution in [0.3, 0.4) is 0 Å². The van der Waals surface area contributed by atoms with Gasteiger partial charge in [0.1, 0.15) is 11.3 Å². The van der Waals surface area contributed by atoms with Gasteiger partial charge in [-0.1, -0.05) is 37.6 Å². The molecule has 1 amide bonds. The van der Waals surface area contributed by atoms with E-state index in [2.05, 4.69) is 42.3 Å². The highest BCUT2D eigenvalue weighted by Gasteiger charge is 2.54. The lowest BCUT2D eigenvalue weighted by molar-refractivity contribution is -0.144. The van der Waals surface area contributed by atoms with Gasteiger partial charge in [0.2, 0.25) is 5.91 Å². The first kappa shape index (κ1) is 34.6. The molecular weight excluding hydrogens is 642 g/mol. The van der Waals surface area contributed by atoms with E-state index < -0.39 is 11.5 Å². The second kappa shape index (κ2) is 14.7. The van der Waals surface area contributed by atoms with Crippen molar-refractivity contribution in [2.24, 2.45) is 17.6 Å². The number of pyridine rings is 1. The zero-order valence-electron chi connectivity index (χ0n) is 28.1. The number of nitrogens with zero attached hydrogens (tertiary/aromatic N) is 1. The predicted molar refractivity (Wildman–Crippen MR) is 193 cm³/mol. The van der Waals surface area contributed by atoms with E-state index in [4.69, 9.17) is 22.1 Å². The van der Waals surface area contributed by atoms with Gasteiger partial charge in [0, 0.05) is 39.5 Å². The molecule has 1 unspecified atom stereocenters. The van der Waals surface area contributed by atoms with Gasteiger partial charge < -0.3 is 20.9 Å². The molecule has 0 radical (unpaired) electrons. The minimum absolute atomic E-state index is 0.118. The number of primary amides is 1. The number of anilines is 1. The average molecular weight is 690 g/mol. The first-order valence-corrected chi connectivity index (χ1v) is 18.9. The number of aryl methyl sites for hydroxylation is 1. The number of hydrogen-bond donors (Lipinski definition) is 3. The number of aliphatic carboxylic acids is 1. The van der Waals surface area contributed by atoms with Gasteiger partial charge in [0.15, 0.2) is 0 Å². The number of aromatic nitrogens is 1. The lowest BCUT2D eigenvalue weighted by atomic mass is 9.59. The third kappa shape index (κ3) is 7.35. The van der Waals surface area contributed by atoms with E-state index in [1.165, 1.54) is 40.1 Å². The van der Waals surface area contributed by atoms with E-state index in [9.17, 15) is 14.7 Å². The first-order valence-electron chi connectivity index (χ1n) is 17.5. The zero-order valence-corrected chi connectivity index (χ0v) is 29.7. The number of carbonyl (C=O) groups excluding carboxylic acids is 1. The summed E-state index contributed by atoms with van der Waals surface area (Å²) >= 11 is 8.03. The molecule has 3 aromatic rings. The molecule has 3 aliphatic rings. The van der Waals surface area contributed by atoms with E-state index in [1.807, 2.05) is 24.4 Å². The molecule has 0 aliphatic heterocycles. The van der Waals surface area contributed by atoms with Gasteiger partial charge in [0.25, 0.3) is 0 Å². The van der Waals surface area contributed by atoms with Crippen molar-refractivity contribution in [3.63, 3.8) is 0 Å². The van der Waals surface area contributed by atoms with Crippen LogP contribution >= 0.6 is 23.4 Å². The van der Waals surface area contributed by atoms with Crippen molar-refractivity contribution < 1.29 is 19.4 Å². The maximum Gasteiger partial charge on any atom is 0.329 e. The summed E-state index contributed by atoms with van der Waals surface area (Å²) in [6.45, 7) is 5.21. The molecule has 2 aromatic carbocycles. The topological polar surface area (TPSA) is 115 Å². The van der Waals surface area contributed by atoms with Crippen LogP contribution < -0.4 is 15.8 Å². The normalized spacial score (nSPS) is 25.2. The molecule has 6 rings (SSSR count). The molecule has 1 fully saturated rings. The number of ether oxygens (including phenoxy) is 1. The summed E-state index contributed by atoms with van der Waals surface area (Å²) in [5.41, 5.74) is 10.1. The van der Waals surface area contributed by atoms with E-state index in [0.717, 1.165) is 55.7 Å². The van der Waals surface area contributed by atoms with Gasteiger partial charge in [-0.05, 0) is 141 Å². The predicted octanol–water partition coefficient (Wildman–Crippen LogP) is 8.56. The molecular formula is C39H48ClN3O4S. The molecule has 1 aromatic heterocycles. The lowest BCUT2D eigenvalue weighted by Gasteiger charge is -2.47. The lowest BCUT2D eigenvalue weighted by Crippen LogP contribution is -2.53. The van der Waals surface area contributed by atoms with Crippen LogP contribution in [-0.2, 0) is 27.8 Å². The maximum atomic E-state index is 12.9. The van der Waals surface area contributed by atoms with Crippen LogP contribution in [0.25, 0.3) is 0 Å². The zero-order chi connectivity index (χ0) is 33.9. The Morgan fingerprint density at radius 1 is 1.17 bits per heavy atom. The van der Waals surface area contributed by atoms with Crippen LogP contribution in [0.1, 0.15) is 99.9 Å². The van der Waals surface area contributed by atoms with Crippen LogP contribution in [0.4, 0.5) is 5.69 Å². The molecule has 9 heteroatoms. The van der Waals surface area contributed by atoms with Gasteiger partial charge in [0.05, 0.1) is 6.61 Å². The third-order valence-electron chi connectivity index (χ3n) is 11.1. The number of carboxylic acids is 1. The molecule has 4 N–H and O–H groups in total. The molecule has 1 heterocycles. The van der Waals surface area contributed by atoms with Crippen molar-refractivity contribution in [2.45, 2.75) is 106 Å². The Hall–Kier alpha value is -3.23. The Morgan fingerprint density at radius 3 is 2.73 bits per heavy atom. The van der Waals surface area contributed by atoms with Gasteiger partial charge in [-0.15, -0.1) is 11.8 Å². The quantitative estimate of drug-likeness (QED) is 0.122. The Balaban J connectivity index is 1.22. The second-order valence-electron chi connectivity index (χ2n) is 14.4. The van der Waals surface area contributed by atoms with Gasteiger partial charge in [-0.3, -0.25) is 9.78 Å². The summed E-state index contributed by atoms with van der Waals surface area (Å²) in [6.07, 6.45) is 11.0. The fourth-order valence-corrected chi connectivity index (χ4v) is 9.68. The molecule has 0 saturated heterocycles. The van der Waals surface area contributed by atoms with E-state index in [1.54, 1.807) is 23.9 Å². The summed E-state index contributed by atoms with van der Waals surface area (Å²) in [6, 6.07) is 16.2. The minimum Gasteiger partial charge on any atom is -0.493 e. The Kier molecular flexibility index (Phi) is 10.6. The Bertz CT molecular complexity index is 1640. The van der Waals surface area contributed by atoms with Gasteiger partial charge >= 0.3 is 5.97 Å². The standard InChI is InChI=1S/C39H48ClN3O4S/c1-25(24-47-34-13-18-42-33-9-3-6-26(2)36(33)34)20-28-21-27-11-12-31(48-19-5-10-35(41)44)23-32(27)38(28)14-16-39(17-15-38,37(45)46)43-30-8-4-7-29(40)22-30/h4,7-8,11-13,18,22-23,25-26,28,43H,3,5-6,9-10,14-17,19-21,24H2,1-2H3,(H2,41,44)(H,45,46)/t25-,26-,28?,38?,39?/m1/s1. The first-order chi connectivity index (χ1) is 23.1. The number of carboxylic acid groups (broad SMARTS) is 1. The summed E-state index contributed by atoms with van der Waals surface area (Å²) in [5, 5.41) is 14.6. The number of carbonyl (C=O) groups is 2. The van der Waals surface area contributed by atoms with Crippen LogP contribution in [0.5, 0.6) is 5.75 Å². The van der Waals surface area contributed by atoms with Crippen LogP contribution in [0, 0.1) is 11.8 Å². The number of amides is 1. The number of hydrogen-bond acceptors (Lipinski definition) is 6. The highest BCUT2D eigenvalue weighted by molar-refractivity contribution is 7.99. The summed E-state index contributed by atoms with van der Waals surface area (Å²) in [7, 11) is 0. The van der Waals surface area contributed by atoms with E-state index in [-0.39, 0.29) is 11.3 Å². The van der Waals surface area contributed by atoms with Crippen molar-refractivity contribution >= 4 is 40.9 Å². The van der Waals surface area contributed by atoms with Gasteiger partial charge in [-0.2, -0.15) is 0 Å². The number of benzene rings is 2. The minimum atomic E-state index is -1.06. The molecule has 48 heavy (non-hydrogen) atoms. The number of thioether (sulfide) groups is 1. The largest absolute Gasteiger partial charge is 0.493 e. The van der Waals surface area contributed by atoms with Crippen LogP contribution in [0.15, 0.2) is 59.6 Å². The van der Waals surface area contributed by atoms with Crippen LogP contribution in [0.2, 0.25) is 5.02 Å². The molecule has 7 nitrogen and oxygen atoms in total. The fraction of sp³-hybridized carbons (Fsp3) is 0.513. The van der Waals surface area contributed by atoms with Crippen molar-refractivity contribution in [3.05, 3.63) is 82.1 Å². The van der Waals surface area contributed by atoms with Crippen molar-refractivity contribution in [2.75, 3.05) is 17.7 Å². The number of rotatable bonds is 13. The second-order valence-corrected chi connectivity index (χ2v) is 16.0. The third-order valence-corrected chi connectivity index (χ3v) is 12.4. The summed E-state index contributed by atoms with van der Waals surface area (Å²) in [5.74, 6) is 1.89. The van der Waals surface area contributed by atoms with Crippen molar-refractivity contribution in [3.8, 4) is 5.75 Å². The van der Waals surface area contributed by atoms with Gasteiger partial charge in [-0.25, -0.2) is 4.79 Å². The Labute approximate surface area is 293 Å². The highest BCUT2D eigenvalue weighted by Crippen LogP contribution is 2.56. The Morgan fingerprint density at radius 2 is 1.98 bits per heavy atom. The number of nitrogens with one attached hydrogen (secondary N) is 1. The monoisotopic (exact) mass is 689 g/mol. The van der Waals surface area contributed by atoms with E-state index >= 15 is 0 Å². The molecule has 0 bridgehead atoms. The molecule has 256 valence electrons. The summed E-state index contributed by atoms with van der Waals surface area (Å²) in [4.78, 5) is 30.0. The number of nitrogens with two attached hydrogens (primary N) is 1. The van der Waals surface area contributed by atoms with Crippen molar-refractivity contribution in [1.29, 1.82) is 0 Å². The smallest absolute Gasteiger partial charge is 0.329 e. The number of fused-ring (bicyclic) bond motifs is 3. The SMILES string of the molecule is C[C@@H](COc1ccnc2c1[C@H](C)CCC2)CC1Cc2ccc(SCCCC(N)=O)cc2C12CCC(Nc1cccc(Cl)c1)(C(=O)O)CC2. The van der Waals surface area contributed by atoms with Crippen molar-refractivity contribution in [1.82, 2.24) is 4.98 Å². The fourth-order valence-electron chi connectivity index (χ4n) is 8.60. The maximum absolute atomic E-state index is 12.9. The molecule has 3 aliphatic carbocycles. The van der Waals surface area contributed by atoms with E-state index in [0.29, 0.717) is 48.6 Å².